The van der Waals surface area contributed by atoms with Crippen LogP contribution in [-0.2, 0) is 6.42 Å². The van der Waals surface area contributed by atoms with E-state index >= 15 is 0 Å². The molecule has 0 aliphatic carbocycles. The summed E-state index contributed by atoms with van der Waals surface area (Å²) in [6.45, 7) is 7.65. The minimum Gasteiger partial charge on any atom is -0.496 e. The third-order valence-electron chi connectivity index (χ3n) is 3.08. The Labute approximate surface area is 105 Å². The number of methoxy groups -OCH3 is 1. The number of benzene rings is 1. The summed E-state index contributed by atoms with van der Waals surface area (Å²) in [7, 11) is 1.74. The lowest BCUT2D eigenvalue weighted by molar-refractivity contribution is 0.403. The van der Waals surface area contributed by atoms with E-state index in [4.69, 9.17) is 4.74 Å². The molecule has 96 valence electrons. The average Bonchev–Trinajstić information content (AvgIpc) is 2.34. The molecule has 0 aliphatic rings. The van der Waals surface area contributed by atoms with E-state index in [1.54, 1.807) is 7.11 Å². The Morgan fingerprint density at radius 2 is 2.06 bits per heavy atom. The van der Waals surface area contributed by atoms with Crippen LogP contribution in [0, 0.1) is 6.92 Å². The summed E-state index contributed by atoms with van der Waals surface area (Å²) in [4.78, 5) is 0. The number of nitrogens with one attached hydrogen (secondary N) is 1. The van der Waals surface area contributed by atoms with Crippen LogP contribution in [-0.4, -0.2) is 19.7 Å². The molecule has 0 radical (unpaired) electrons. The molecule has 0 saturated heterocycles. The van der Waals surface area contributed by atoms with Gasteiger partial charge in [-0.15, -0.1) is 0 Å². The van der Waals surface area contributed by atoms with Crippen LogP contribution >= 0.6 is 0 Å². The van der Waals surface area contributed by atoms with Crippen molar-refractivity contribution in [3.8, 4) is 5.75 Å². The maximum atomic E-state index is 5.42. The highest BCUT2D eigenvalue weighted by molar-refractivity contribution is 5.37. The minimum atomic E-state index is 0.547. The van der Waals surface area contributed by atoms with Crippen molar-refractivity contribution in [2.45, 2.75) is 46.1 Å². The van der Waals surface area contributed by atoms with Crippen LogP contribution in [0.4, 0.5) is 0 Å². The Balaban J connectivity index is 2.73. The van der Waals surface area contributed by atoms with Crippen LogP contribution in [0.5, 0.6) is 5.75 Å². The van der Waals surface area contributed by atoms with Crippen molar-refractivity contribution in [1.29, 1.82) is 0 Å². The van der Waals surface area contributed by atoms with E-state index in [2.05, 4.69) is 44.3 Å². The molecule has 17 heavy (non-hydrogen) atoms. The monoisotopic (exact) mass is 235 g/mol. The van der Waals surface area contributed by atoms with Gasteiger partial charge in [0.15, 0.2) is 0 Å². The second kappa shape index (κ2) is 7.33. The predicted molar refractivity (Wildman–Crippen MR) is 73.8 cm³/mol. The Bertz CT molecular complexity index is 336. The molecule has 0 fully saturated rings. The Kier molecular flexibility index (Phi) is 6.06. The lowest BCUT2D eigenvalue weighted by Gasteiger charge is -2.18. The van der Waals surface area contributed by atoms with Gasteiger partial charge in [-0.3, -0.25) is 0 Å². The first-order valence-corrected chi connectivity index (χ1v) is 6.58. The van der Waals surface area contributed by atoms with Crippen LogP contribution in [0.15, 0.2) is 18.2 Å². The van der Waals surface area contributed by atoms with Gasteiger partial charge < -0.3 is 10.1 Å². The number of rotatable bonds is 7. The Hall–Kier alpha value is -1.02. The molecule has 0 saturated carbocycles. The summed E-state index contributed by atoms with van der Waals surface area (Å²) < 4.78 is 5.42. The summed E-state index contributed by atoms with van der Waals surface area (Å²) in [5.41, 5.74) is 2.61. The van der Waals surface area contributed by atoms with Crippen molar-refractivity contribution < 1.29 is 4.74 Å². The third kappa shape index (κ3) is 4.39. The number of hydrogen-bond donors (Lipinski definition) is 1. The fourth-order valence-electron chi connectivity index (χ4n) is 2.04. The lowest BCUT2D eigenvalue weighted by atomic mass is 10.0. The Morgan fingerprint density at radius 1 is 1.29 bits per heavy atom. The van der Waals surface area contributed by atoms with E-state index in [-0.39, 0.29) is 0 Å². The van der Waals surface area contributed by atoms with Gasteiger partial charge in [0.1, 0.15) is 5.75 Å². The molecule has 2 heteroatoms. The first kappa shape index (κ1) is 14.0. The summed E-state index contributed by atoms with van der Waals surface area (Å²) in [5, 5.41) is 3.58. The van der Waals surface area contributed by atoms with Crippen molar-refractivity contribution >= 4 is 0 Å². The molecule has 0 amide bonds. The molecule has 0 bridgehead atoms. The average molecular weight is 235 g/mol. The summed E-state index contributed by atoms with van der Waals surface area (Å²) in [6, 6.07) is 6.94. The van der Waals surface area contributed by atoms with Gasteiger partial charge in [0.2, 0.25) is 0 Å². The normalized spacial score (nSPS) is 12.5. The molecule has 1 aromatic rings. The number of hydrogen-bond acceptors (Lipinski definition) is 2. The molecule has 1 atom stereocenters. The maximum Gasteiger partial charge on any atom is 0.122 e. The van der Waals surface area contributed by atoms with Gasteiger partial charge in [-0.1, -0.05) is 31.5 Å². The summed E-state index contributed by atoms with van der Waals surface area (Å²) >= 11 is 0. The second-order valence-electron chi connectivity index (χ2n) is 4.58. The molecule has 0 spiro atoms. The summed E-state index contributed by atoms with van der Waals surface area (Å²) in [5.74, 6) is 1.01. The van der Waals surface area contributed by atoms with Gasteiger partial charge in [0.25, 0.3) is 0 Å². The highest BCUT2D eigenvalue weighted by Gasteiger charge is 2.10. The minimum absolute atomic E-state index is 0.547. The van der Waals surface area contributed by atoms with Gasteiger partial charge >= 0.3 is 0 Å². The van der Waals surface area contributed by atoms with Gasteiger partial charge in [-0.05, 0) is 44.4 Å². The molecular formula is C15H25NO. The van der Waals surface area contributed by atoms with Gasteiger partial charge in [0.05, 0.1) is 7.11 Å². The van der Waals surface area contributed by atoms with E-state index < -0.39 is 0 Å². The van der Waals surface area contributed by atoms with E-state index in [1.165, 1.54) is 17.5 Å². The van der Waals surface area contributed by atoms with E-state index in [9.17, 15) is 0 Å². The first-order valence-electron chi connectivity index (χ1n) is 6.58. The fraction of sp³-hybridized carbons (Fsp3) is 0.600. The zero-order chi connectivity index (χ0) is 12.7. The molecule has 0 heterocycles. The molecule has 1 rings (SSSR count). The zero-order valence-corrected chi connectivity index (χ0v) is 11.5. The van der Waals surface area contributed by atoms with Gasteiger partial charge in [0, 0.05) is 6.04 Å². The summed E-state index contributed by atoms with van der Waals surface area (Å²) in [6.07, 6.45) is 3.37. The van der Waals surface area contributed by atoms with Crippen molar-refractivity contribution in [3.05, 3.63) is 29.3 Å². The molecular weight excluding hydrogens is 210 g/mol. The Morgan fingerprint density at radius 3 is 2.65 bits per heavy atom. The van der Waals surface area contributed by atoms with Gasteiger partial charge in [-0.2, -0.15) is 0 Å². The smallest absolute Gasteiger partial charge is 0.122 e. The van der Waals surface area contributed by atoms with Crippen molar-refractivity contribution in [2.24, 2.45) is 0 Å². The maximum absolute atomic E-state index is 5.42. The first-order chi connectivity index (χ1) is 8.21. The molecule has 0 aliphatic heterocycles. The van der Waals surface area contributed by atoms with Crippen LogP contribution in [0.25, 0.3) is 0 Å². The van der Waals surface area contributed by atoms with Crippen molar-refractivity contribution in [2.75, 3.05) is 13.7 Å². The molecule has 1 aromatic carbocycles. The van der Waals surface area contributed by atoms with E-state index in [0.717, 1.165) is 25.1 Å². The molecule has 2 nitrogen and oxygen atoms in total. The van der Waals surface area contributed by atoms with Crippen molar-refractivity contribution in [1.82, 2.24) is 5.32 Å². The van der Waals surface area contributed by atoms with Crippen LogP contribution < -0.4 is 10.1 Å². The third-order valence-corrected chi connectivity index (χ3v) is 3.08. The standard InChI is InChI=1S/C15H25NO/c1-5-9-16-14(6-2)11-13-10-12(3)7-8-15(13)17-4/h7-8,10,14,16H,5-6,9,11H2,1-4H3. The zero-order valence-electron chi connectivity index (χ0n) is 11.5. The molecule has 1 unspecified atom stereocenters. The number of ether oxygens (including phenoxy) is 1. The van der Waals surface area contributed by atoms with Crippen molar-refractivity contribution in [3.63, 3.8) is 0 Å². The van der Waals surface area contributed by atoms with E-state index in [1.807, 2.05) is 0 Å². The largest absolute Gasteiger partial charge is 0.496 e. The number of aryl methyl sites for hydroxylation is 1. The molecule has 1 N–H and O–H groups in total. The predicted octanol–water partition coefficient (Wildman–Crippen LogP) is 3.32. The van der Waals surface area contributed by atoms with E-state index in [0.29, 0.717) is 6.04 Å². The molecule has 0 aromatic heterocycles. The second-order valence-corrected chi connectivity index (χ2v) is 4.58. The fourth-order valence-corrected chi connectivity index (χ4v) is 2.04. The lowest BCUT2D eigenvalue weighted by Crippen LogP contribution is -2.31. The highest BCUT2D eigenvalue weighted by atomic mass is 16.5. The van der Waals surface area contributed by atoms with Crippen LogP contribution in [0.1, 0.15) is 37.8 Å². The topological polar surface area (TPSA) is 21.3 Å². The van der Waals surface area contributed by atoms with Crippen LogP contribution in [0.3, 0.4) is 0 Å². The highest BCUT2D eigenvalue weighted by Crippen LogP contribution is 2.21. The van der Waals surface area contributed by atoms with Gasteiger partial charge in [-0.25, -0.2) is 0 Å². The van der Waals surface area contributed by atoms with Crippen LogP contribution in [0.2, 0.25) is 0 Å². The SMILES string of the molecule is CCCNC(CC)Cc1cc(C)ccc1OC. The quantitative estimate of drug-likeness (QED) is 0.782.